The van der Waals surface area contributed by atoms with Crippen LogP contribution in [-0.2, 0) is 4.79 Å². The standard InChI is InChI=1S/C13H21N3O/c1-16-8-5-11-10(9-16)12(17)15-13(14-11)6-3-2-4-7-13/h10H,2-9H2,1H3,(H,15,17)/p+1. The van der Waals surface area contributed by atoms with E-state index in [1.54, 1.807) is 0 Å². The van der Waals surface area contributed by atoms with Gasteiger partial charge >= 0.3 is 0 Å². The first kappa shape index (κ1) is 11.2. The van der Waals surface area contributed by atoms with Gasteiger partial charge in [-0.25, -0.2) is 0 Å². The van der Waals surface area contributed by atoms with Gasteiger partial charge in [-0.15, -0.1) is 0 Å². The third-order valence-electron chi connectivity index (χ3n) is 4.47. The number of aliphatic imine (C=N–C) groups is 1. The predicted molar refractivity (Wildman–Crippen MR) is 66.1 cm³/mol. The number of rotatable bonds is 0. The van der Waals surface area contributed by atoms with Crippen LogP contribution in [0.2, 0.25) is 0 Å². The summed E-state index contributed by atoms with van der Waals surface area (Å²) < 4.78 is 0. The number of nitrogens with one attached hydrogen (secondary N) is 2. The van der Waals surface area contributed by atoms with Crippen molar-refractivity contribution in [2.45, 2.75) is 44.2 Å². The summed E-state index contributed by atoms with van der Waals surface area (Å²) in [6.45, 7) is 2.04. The summed E-state index contributed by atoms with van der Waals surface area (Å²) in [6, 6.07) is 0. The number of carbonyl (C=O) groups is 1. The zero-order chi connectivity index (χ0) is 11.9. The number of fused-ring (bicyclic) bond motifs is 1. The normalized spacial score (nSPS) is 36.1. The number of nitrogens with zero attached hydrogens (tertiary/aromatic N) is 1. The minimum atomic E-state index is -0.216. The maximum absolute atomic E-state index is 12.2. The molecule has 1 aliphatic carbocycles. The SMILES string of the molecule is C[NH+]1CCC2=NC3(CCCCC3)NC(=O)C2C1. The number of hydrogen-bond acceptors (Lipinski definition) is 2. The highest BCUT2D eigenvalue weighted by molar-refractivity contribution is 6.06. The molecule has 0 aromatic carbocycles. The Labute approximate surface area is 102 Å². The van der Waals surface area contributed by atoms with Crippen LogP contribution in [0, 0.1) is 5.92 Å². The van der Waals surface area contributed by atoms with Crippen molar-refractivity contribution in [1.29, 1.82) is 0 Å². The highest BCUT2D eigenvalue weighted by atomic mass is 16.2. The van der Waals surface area contributed by atoms with Gasteiger partial charge < -0.3 is 10.2 Å². The van der Waals surface area contributed by atoms with E-state index in [4.69, 9.17) is 4.99 Å². The lowest BCUT2D eigenvalue weighted by Gasteiger charge is -2.42. The van der Waals surface area contributed by atoms with Gasteiger partial charge in [0.25, 0.3) is 0 Å². The van der Waals surface area contributed by atoms with Gasteiger partial charge in [0.15, 0.2) is 0 Å². The molecule has 3 rings (SSSR count). The van der Waals surface area contributed by atoms with E-state index in [1.165, 1.54) is 29.9 Å². The number of likely N-dealkylation sites (tertiary alicyclic amines) is 1. The van der Waals surface area contributed by atoms with Crippen molar-refractivity contribution in [3.8, 4) is 0 Å². The topological polar surface area (TPSA) is 45.9 Å². The van der Waals surface area contributed by atoms with Gasteiger partial charge in [-0.1, -0.05) is 6.42 Å². The van der Waals surface area contributed by atoms with Gasteiger partial charge in [0.1, 0.15) is 11.6 Å². The van der Waals surface area contributed by atoms with E-state index in [0.29, 0.717) is 0 Å². The lowest BCUT2D eigenvalue weighted by Crippen LogP contribution is -3.11. The third-order valence-corrected chi connectivity index (χ3v) is 4.47. The summed E-state index contributed by atoms with van der Waals surface area (Å²) in [7, 11) is 2.16. The number of carbonyl (C=O) groups excluding carboxylic acids is 1. The summed E-state index contributed by atoms with van der Waals surface area (Å²) in [5.74, 6) is 0.284. The van der Waals surface area contributed by atoms with E-state index in [9.17, 15) is 4.79 Å². The molecule has 2 unspecified atom stereocenters. The minimum absolute atomic E-state index is 0.0521. The Morgan fingerprint density at radius 2 is 2.12 bits per heavy atom. The first-order valence-electron chi connectivity index (χ1n) is 6.90. The first-order chi connectivity index (χ1) is 8.19. The molecule has 0 bridgehead atoms. The Morgan fingerprint density at radius 3 is 2.88 bits per heavy atom. The molecular formula is C13H22N3O+. The molecule has 2 aliphatic heterocycles. The highest BCUT2D eigenvalue weighted by Gasteiger charge is 2.44. The second-order valence-electron chi connectivity index (χ2n) is 5.90. The molecule has 4 heteroatoms. The van der Waals surface area contributed by atoms with Gasteiger partial charge in [0, 0.05) is 12.1 Å². The van der Waals surface area contributed by atoms with Crippen LogP contribution in [0.3, 0.4) is 0 Å². The second-order valence-corrected chi connectivity index (χ2v) is 5.90. The Hall–Kier alpha value is -0.900. The van der Waals surface area contributed by atoms with Gasteiger partial charge in [-0.2, -0.15) is 0 Å². The van der Waals surface area contributed by atoms with Crippen LogP contribution in [0.25, 0.3) is 0 Å². The van der Waals surface area contributed by atoms with Crippen molar-refractivity contribution in [2.24, 2.45) is 10.9 Å². The summed E-state index contributed by atoms with van der Waals surface area (Å²) in [4.78, 5) is 18.6. The van der Waals surface area contributed by atoms with Gasteiger partial charge in [0.05, 0.1) is 20.1 Å². The van der Waals surface area contributed by atoms with Crippen molar-refractivity contribution in [3.63, 3.8) is 0 Å². The fourth-order valence-electron chi connectivity index (χ4n) is 3.45. The van der Waals surface area contributed by atoms with Crippen LogP contribution >= 0.6 is 0 Å². The maximum Gasteiger partial charge on any atom is 0.236 e. The van der Waals surface area contributed by atoms with Crippen molar-refractivity contribution in [3.05, 3.63) is 0 Å². The van der Waals surface area contributed by atoms with E-state index in [2.05, 4.69) is 12.4 Å². The Kier molecular flexibility index (Phi) is 2.69. The number of quaternary nitrogens is 1. The van der Waals surface area contributed by atoms with E-state index >= 15 is 0 Å². The average Bonchev–Trinajstić information content (AvgIpc) is 2.31. The lowest BCUT2D eigenvalue weighted by molar-refractivity contribution is -0.882. The lowest BCUT2D eigenvalue weighted by atomic mass is 9.84. The summed E-state index contributed by atoms with van der Waals surface area (Å²) >= 11 is 0. The Bertz CT molecular complexity index is 358. The molecule has 0 aromatic heterocycles. The fraction of sp³-hybridized carbons (Fsp3) is 0.846. The zero-order valence-corrected chi connectivity index (χ0v) is 10.6. The van der Waals surface area contributed by atoms with E-state index in [1.807, 2.05) is 0 Å². The summed E-state index contributed by atoms with van der Waals surface area (Å²) in [5.41, 5.74) is 0.966. The molecule has 2 heterocycles. The van der Waals surface area contributed by atoms with E-state index in [0.717, 1.165) is 32.4 Å². The van der Waals surface area contributed by atoms with Crippen molar-refractivity contribution in [2.75, 3.05) is 20.1 Å². The van der Waals surface area contributed by atoms with Crippen LogP contribution < -0.4 is 10.2 Å². The minimum Gasteiger partial charge on any atom is -0.336 e. The van der Waals surface area contributed by atoms with Crippen LogP contribution in [-0.4, -0.2) is 37.4 Å². The molecule has 2 N–H and O–H groups in total. The molecule has 17 heavy (non-hydrogen) atoms. The molecule has 94 valence electrons. The van der Waals surface area contributed by atoms with Crippen molar-refractivity contribution < 1.29 is 9.69 Å². The number of hydrogen-bond donors (Lipinski definition) is 2. The van der Waals surface area contributed by atoms with Gasteiger partial charge in [0.2, 0.25) is 5.91 Å². The largest absolute Gasteiger partial charge is 0.336 e. The third kappa shape index (κ3) is 1.99. The van der Waals surface area contributed by atoms with E-state index < -0.39 is 0 Å². The maximum atomic E-state index is 12.2. The van der Waals surface area contributed by atoms with Crippen molar-refractivity contribution >= 4 is 11.6 Å². The smallest absolute Gasteiger partial charge is 0.236 e. The monoisotopic (exact) mass is 236 g/mol. The average molecular weight is 236 g/mol. The molecule has 4 nitrogen and oxygen atoms in total. The Balaban J connectivity index is 1.87. The summed E-state index contributed by atoms with van der Waals surface area (Å²) in [6.07, 6.45) is 6.78. The first-order valence-corrected chi connectivity index (χ1v) is 6.90. The molecule has 1 saturated heterocycles. The molecule has 1 amide bonds. The fourth-order valence-corrected chi connectivity index (χ4v) is 3.45. The second kappa shape index (κ2) is 4.09. The van der Waals surface area contributed by atoms with Crippen LogP contribution in [0.5, 0.6) is 0 Å². The molecule has 2 atom stereocenters. The number of piperidine rings is 1. The van der Waals surface area contributed by atoms with Gasteiger partial charge in [-0.05, 0) is 25.7 Å². The zero-order valence-electron chi connectivity index (χ0n) is 10.6. The molecule has 0 aromatic rings. The molecule has 1 saturated carbocycles. The van der Waals surface area contributed by atoms with Crippen LogP contribution in [0.4, 0.5) is 0 Å². The predicted octanol–water partition coefficient (Wildman–Crippen LogP) is -0.248. The van der Waals surface area contributed by atoms with E-state index in [-0.39, 0.29) is 17.5 Å². The molecule has 1 spiro atoms. The van der Waals surface area contributed by atoms with Gasteiger partial charge in [-0.3, -0.25) is 9.79 Å². The quantitative estimate of drug-likeness (QED) is 0.599. The molecule has 3 aliphatic rings. The number of amides is 1. The molecule has 0 radical (unpaired) electrons. The molecule has 2 fully saturated rings. The highest BCUT2D eigenvalue weighted by Crippen LogP contribution is 2.33. The Morgan fingerprint density at radius 1 is 1.35 bits per heavy atom. The molecular weight excluding hydrogens is 214 g/mol. The van der Waals surface area contributed by atoms with Crippen LogP contribution in [0.1, 0.15) is 38.5 Å². The van der Waals surface area contributed by atoms with Crippen molar-refractivity contribution in [1.82, 2.24) is 5.32 Å². The summed E-state index contributed by atoms with van der Waals surface area (Å²) in [5, 5.41) is 3.21. The van der Waals surface area contributed by atoms with Crippen LogP contribution in [0.15, 0.2) is 4.99 Å².